The first-order chi connectivity index (χ1) is 9.56. The number of carboxylic acids is 1. The number of amides is 1. The highest BCUT2D eigenvalue weighted by Gasteiger charge is 2.24. The van der Waals surface area contributed by atoms with Gasteiger partial charge in [-0.1, -0.05) is 18.2 Å². The highest BCUT2D eigenvalue weighted by Crippen LogP contribution is 2.13. The van der Waals surface area contributed by atoms with E-state index >= 15 is 0 Å². The minimum atomic E-state index is -1.21. The van der Waals surface area contributed by atoms with E-state index in [0.29, 0.717) is 11.3 Å². The Bertz CT molecular complexity index is 609. The van der Waals surface area contributed by atoms with Crippen molar-refractivity contribution in [3.8, 4) is 5.75 Å². The number of hydrogen-bond donors (Lipinski definition) is 2. The van der Waals surface area contributed by atoms with Crippen molar-refractivity contribution in [3.63, 3.8) is 0 Å². The van der Waals surface area contributed by atoms with Crippen molar-refractivity contribution in [2.24, 2.45) is 7.05 Å². The topological polar surface area (TPSA) is 93.5 Å². The average Bonchev–Trinajstić information content (AvgIpc) is 2.83. The molecule has 1 aromatic carbocycles. The van der Waals surface area contributed by atoms with Gasteiger partial charge in [0.25, 0.3) is 0 Å². The highest BCUT2D eigenvalue weighted by molar-refractivity contribution is 5.82. The summed E-state index contributed by atoms with van der Waals surface area (Å²) in [6.45, 7) is 0. The van der Waals surface area contributed by atoms with Crippen molar-refractivity contribution >= 4 is 12.1 Å². The molecule has 2 rings (SSSR count). The Balaban J connectivity index is 2.05. The number of aryl methyl sites for hydroxylation is 1. The fraction of sp³-hybridized carbons (Fsp3) is 0.154. The highest BCUT2D eigenvalue weighted by atomic mass is 16.6. The van der Waals surface area contributed by atoms with E-state index < -0.39 is 18.1 Å². The van der Waals surface area contributed by atoms with E-state index in [1.165, 1.54) is 17.1 Å². The molecule has 0 aliphatic heterocycles. The van der Waals surface area contributed by atoms with E-state index in [2.05, 4.69) is 10.4 Å². The maximum Gasteiger partial charge on any atom is 0.413 e. The van der Waals surface area contributed by atoms with Gasteiger partial charge in [0.1, 0.15) is 5.75 Å². The molecule has 1 atom stereocenters. The zero-order chi connectivity index (χ0) is 14.5. The van der Waals surface area contributed by atoms with E-state index in [1.54, 1.807) is 37.4 Å². The van der Waals surface area contributed by atoms with Gasteiger partial charge < -0.3 is 15.2 Å². The minimum absolute atomic E-state index is 0.334. The van der Waals surface area contributed by atoms with Crippen LogP contribution in [-0.4, -0.2) is 26.9 Å². The van der Waals surface area contributed by atoms with Gasteiger partial charge in [0.2, 0.25) is 0 Å². The molecule has 0 spiro atoms. The Morgan fingerprint density at radius 2 is 2.05 bits per heavy atom. The smallest absolute Gasteiger partial charge is 0.413 e. The molecule has 104 valence electrons. The summed E-state index contributed by atoms with van der Waals surface area (Å²) in [6.07, 6.45) is 2.05. The van der Waals surface area contributed by atoms with Crippen LogP contribution in [0.5, 0.6) is 5.75 Å². The van der Waals surface area contributed by atoms with Crippen molar-refractivity contribution in [1.29, 1.82) is 0 Å². The summed E-state index contributed by atoms with van der Waals surface area (Å²) in [6, 6.07) is 7.18. The second-order valence-electron chi connectivity index (χ2n) is 4.07. The Kier molecular flexibility index (Phi) is 3.99. The lowest BCUT2D eigenvalue weighted by atomic mass is 10.2. The number of hydrogen-bond acceptors (Lipinski definition) is 4. The Labute approximate surface area is 114 Å². The van der Waals surface area contributed by atoms with Gasteiger partial charge in [-0.3, -0.25) is 4.68 Å². The fourth-order valence-corrected chi connectivity index (χ4v) is 1.62. The van der Waals surface area contributed by atoms with Gasteiger partial charge in [0, 0.05) is 18.8 Å². The van der Waals surface area contributed by atoms with Crippen LogP contribution in [-0.2, 0) is 11.8 Å². The first kappa shape index (κ1) is 13.6. The minimum Gasteiger partial charge on any atom is -0.479 e. The molecule has 1 unspecified atom stereocenters. The number of carbonyl (C=O) groups excluding carboxylic acids is 1. The summed E-state index contributed by atoms with van der Waals surface area (Å²) in [4.78, 5) is 22.9. The molecule has 0 radical (unpaired) electrons. The number of nitrogens with zero attached hydrogens (tertiary/aromatic N) is 2. The van der Waals surface area contributed by atoms with Crippen LogP contribution in [0.15, 0.2) is 42.7 Å². The molecule has 0 bridgehead atoms. The quantitative estimate of drug-likeness (QED) is 0.878. The second kappa shape index (κ2) is 5.87. The van der Waals surface area contributed by atoms with Crippen LogP contribution in [0.2, 0.25) is 0 Å². The number of nitrogens with one attached hydrogen (secondary N) is 1. The lowest BCUT2D eigenvalue weighted by molar-refractivity contribution is -0.139. The van der Waals surface area contributed by atoms with E-state index in [4.69, 9.17) is 9.84 Å². The number of rotatable bonds is 4. The normalized spacial score (nSPS) is 11.7. The first-order valence-electron chi connectivity index (χ1n) is 5.81. The van der Waals surface area contributed by atoms with Crippen molar-refractivity contribution in [2.45, 2.75) is 6.04 Å². The summed E-state index contributed by atoms with van der Waals surface area (Å²) in [5.41, 5.74) is 0.366. The number of benzene rings is 1. The van der Waals surface area contributed by atoms with E-state index in [1.807, 2.05) is 0 Å². The molecule has 1 aromatic heterocycles. The molecule has 2 aromatic rings. The molecular formula is C13H13N3O4. The molecule has 7 heteroatoms. The fourth-order valence-electron chi connectivity index (χ4n) is 1.62. The van der Waals surface area contributed by atoms with Crippen LogP contribution in [0.3, 0.4) is 0 Å². The first-order valence-corrected chi connectivity index (χ1v) is 5.81. The predicted octanol–water partition coefficient (Wildman–Crippen LogP) is 1.33. The number of aliphatic carboxylic acids is 1. The summed E-state index contributed by atoms with van der Waals surface area (Å²) in [7, 11) is 1.66. The number of para-hydroxylation sites is 1. The van der Waals surface area contributed by atoms with Gasteiger partial charge in [-0.25, -0.2) is 9.59 Å². The van der Waals surface area contributed by atoms with Crippen LogP contribution in [0.1, 0.15) is 11.6 Å². The molecule has 0 aliphatic rings. The monoisotopic (exact) mass is 275 g/mol. The Morgan fingerprint density at radius 3 is 2.60 bits per heavy atom. The molecule has 20 heavy (non-hydrogen) atoms. The lowest BCUT2D eigenvalue weighted by Crippen LogP contribution is -2.35. The standard InChI is InChI=1S/C13H13N3O4/c1-16-8-9(7-14-16)11(12(17)18)15-13(19)20-10-5-3-2-4-6-10/h2-8,11H,1H3,(H,15,19)(H,17,18). The van der Waals surface area contributed by atoms with E-state index in [9.17, 15) is 9.59 Å². The summed E-state index contributed by atoms with van der Waals surface area (Å²) < 4.78 is 6.44. The van der Waals surface area contributed by atoms with E-state index in [0.717, 1.165) is 0 Å². The summed E-state index contributed by atoms with van der Waals surface area (Å²) in [5, 5.41) is 15.3. The van der Waals surface area contributed by atoms with E-state index in [-0.39, 0.29) is 0 Å². The molecule has 0 fully saturated rings. The van der Waals surface area contributed by atoms with Crippen molar-refractivity contribution in [1.82, 2.24) is 15.1 Å². The molecule has 2 N–H and O–H groups in total. The van der Waals surface area contributed by atoms with Gasteiger partial charge >= 0.3 is 12.1 Å². The molecule has 0 saturated carbocycles. The third-order valence-corrected chi connectivity index (χ3v) is 2.52. The second-order valence-corrected chi connectivity index (χ2v) is 4.07. The van der Waals surface area contributed by atoms with Gasteiger partial charge in [0.05, 0.1) is 6.20 Å². The maximum absolute atomic E-state index is 11.7. The zero-order valence-corrected chi connectivity index (χ0v) is 10.7. The number of ether oxygens (including phenoxy) is 1. The third kappa shape index (κ3) is 3.35. The largest absolute Gasteiger partial charge is 0.479 e. The van der Waals surface area contributed by atoms with Gasteiger partial charge in [-0.05, 0) is 12.1 Å². The Morgan fingerprint density at radius 1 is 1.35 bits per heavy atom. The molecular weight excluding hydrogens is 262 g/mol. The van der Waals surface area contributed by atoms with Crippen molar-refractivity contribution in [2.75, 3.05) is 0 Å². The SMILES string of the molecule is Cn1cc(C(NC(=O)Oc2ccccc2)C(=O)O)cn1. The Hall–Kier alpha value is -2.83. The summed E-state index contributed by atoms with van der Waals surface area (Å²) in [5.74, 6) is -0.858. The van der Waals surface area contributed by atoms with Crippen molar-refractivity contribution < 1.29 is 19.4 Å². The molecule has 7 nitrogen and oxygen atoms in total. The van der Waals surface area contributed by atoms with Crippen LogP contribution < -0.4 is 10.1 Å². The maximum atomic E-state index is 11.7. The lowest BCUT2D eigenvalue weighted by Gasteiger charge is -2.12. The molecule has 1 heterocycles. The molecule has 0 aliphatic carbocycles. The number of carbonyl (C=O) groups is 2. The van der Waals surface area contributed by atoms with Gasteiger partial charge in [-0.15, -0.1) is 0 Å². The predicted molar refractivity (Wildman–Crippen MR) is 69.2 cm³/mol. The third-order valence-electron chi connectivity index (χ3n) is 2.52. The van der Waals surface area contributed by atoms with Gasteiger partial charge in [0.15, 0.2) is 6.04 Å². The number of carboxylic acid groups (broad SMARTS) is 1. The molecule has 1 amide bonds. The molecule has 0 saturated heterocycles. The van der Waals surface area contributed by atoms with Crippen molar-refractivity contribution in [3.05, 3.63) is 48.3 Å². The van der Waals surface area contributed by atoms with Crippen LogP contribution in [0, 0.1) is 0 Å². The van der Waals surface area contributed by atoms with Crippen LogP contribution in [0.4, 0.5) is 4.79 Å². The zero-order valence-electron chi connectivity index (χ0n) is 10.7. The van der Waals surface area contributed by atoms with Gasteiger partial charge in [-0.2, -0.15) is 5.10 Å². The summed E-state index contributed by atoms with van der Waals surface area (Å²) >= 11 is 0. The van der Waals surface area contributed by atoms with Crippen LogP contribution in [0.25, 0.3) is 0 Å². The van der Waals surface area contributed by atoms with Crippen LogP contribution >= 0.6 is 0 Å². The average molecular weight is 275 g/mol. The number of aromatic nitrogens is 2.